The number of aromatic nitrogens is 1. The Morgan fingerprint density at radius 1 is 1.06 bits per heavy atom. The predicted octanol–water partition coefficient (Wildman–Crippen LogP) is 3.73. The maximum Gasteiger partial charge on any atom is 0.150 e. The summed E-state index contributed by atoms with van der Waals surface area (Å²) in [4.78, 5) is 11.2. The molecule has 0 saturated carbocycles. The van der Waals surface area contributed by atoms with Gasteiger partial charge < -0.3 is 4.40 Å². The van der Waals surface area contributed by atoms with Crippen molar-refractivity contribution in [1.82, 2.24) is 4.40 Å². The highest BCUT2D eigenvalue weighted by Gasteiger charge is 2.12. The minimum absolute atomic E-state index is 0.734. The van der Waals surface area contributed by atoms with Gasteiger partial charge in [-0.2, -0.15) is 0 Å². The summed E-state index contributed by atoms with van der Waals surface area (Å²) in [5.74, 6) is 0. The maximum atomic E-state index is 11.2. The maximum absolute atomic E-state index is 11.2. The summed E-state index contributed by atoms with van der Waals surface area (Å²) < 4.78 is 2.09. The van der Waals surface area contributed by atoms with Crippen molar-refractivity contribution in [2.24, 2.45) is 0 Å². The fourth-order valence-corrected chi connectivity index (χ4v) is 2.43. The molecule has 0 aliphatic rings. The lowest BCUT2D eigenvalue weighted by Crippen LogP contribution is -1.88. The number of pyridine rings is 1. The number of nitrogens with zero attached hydrogens (tertiary/aromatic N) is 1. The zero-order valence-corrected chi connectivity index (χ0v) is 10.1. The third-order valence-corrected chi connectivity index (χ3v) is 3.23. The first-order valence-corrected chi connectivity index (χ1v) is 5.92. The molecule has 0 unspecified atom stereocenters. The van der Waals surface area contributed by atoms with Crippen LogP contribution in [0.1, 0.15) is 15.9 Å². The number of aryl methyl sites for hydroxylation is 1. The van der Waals surface area contributed by atoms with Gasteiger partial charge in [-0.15, -0.1) is 0 Å². The van der Waals surface area contributed by atoms with Gasteiger partial charge in [0.2, 0.25) is 0 Å². The molecule has 18 heavy (non-hydrogen) atoms. The molecule has 2 aromatic heterocycles. The van der Waals surface area contributed by atoms with Gasteiger partial charge in [0.1, 0.15) is 0 Å². The van der Waals surface area contributed by atoms with Crippen LogP contribution in [0, 0.1) is 6.92 Å². The summed E-state index contributed by atoms with van der Waals surface area (Å²) in [7, 11) is 0. The van der Waals surface area contributed by atoms with E-state index >= 15 is 0 Å². The van der Waals surface area contributed by atoms with E-state index in [9.17, 15) is 4.79 Å². The minimum Gasteiger partial charge on any atom is -0.323 e. The number of rotatable bonds is 2. The largest absolute Gasteiger partial charge is 0.323 e. The SMILES string of the molecule is Cc1cn2ccccc2c1-c1ccccc1C=O. The number of carbonyl (C=O) groups is 1. The van der Waals surface area contributed by atoms with E-state index in [1.807, 2.05) is 42.6 Å². The van der Waals surface area contributed by atoms with E-state index < -0.39 is 0 Å². The smallest absolute Gasteiger partial charge is 0.150 e. The van der Waals surface area contributed by atoms with Crippen LogP contribution in [0.2, 0.25) is 0 Å². The van der Waals surface area contributed by atoms with Crippen molar-refractivity contribution in [2.75, 3.05) is 0 Å². The number of hydrogen-bond donors (Lipinski definition) is 0. The Balaban J connectivity index is 2.38. The molecule has 0 radical (unpaired) electrons. The van der Waals surface area contributed by atoms with Crippen LogP contribution in [0.5, 0.6) is 0 Å². The highest BCUT2D eigenvalue weighted by atomic mass is 16.1. The van der Waals surface area contributed by atoms with E-state index in [4.69, 9.17) is 0 Å². The normalized spacial score (nSPS) is 10.7. The molecule has 0 spiro atoms. The molecule has 2 heteroatoms. The topological polar surface area (TPSA) is 21.5 Å². The third kappa shape index (κ3) is 1.54. The van der Waals surface area contributed by atoms with Crippen LogP contribution in [-0.4, -0.2) is 10.7 Å². The van der Waals surface area contributed by atoms with Gasteiger partial charge in [-0.05, 0) is 30.2 Å². The van der Waals surface area contributed by atoms with Gasteiger partial charge in [-0.3, -0.25) is 4.79 Å². The van der Waals surface area contributed by atoms with E-state index in [0.29, 0.717) is 0 Å². The molecule has 3 aromatic rings. The van der Waals surface area contributed by atoms with Crippen molar-refractivity contribution in [3.05, 3.63) is 66.0 Å². The highest BCUT2D eigenvalue weighted by Crippen LogP contribution is 2.31. The van der Waals surface area contributed by atoms with Crippen LogP contribution in [-0.2, 0) is 0 Å². The van der Waals surface area contributed by atoms with Gasteiger partial charge in [0, 0.05) is 23.5 Å². The Labute approximate surface area is 105 Å². The van der Waals surface area contributed by atoms with Crippen LogP contribution >= 0.6 is 0 Å². The molecule has 0 aliphatic heterocycles. The fraction of sp³-hybridized carbons (Fsp3) is 0.0625. The number of fused-ring (bicyclic) bond motifs is 1. The molecule has 0 amide bonds. The molecule has 2 heterocycles. The molecule has 2 nitrogen and oxygen atoms in total. The number of hydrogen-bond acceptors (Lipinski definition) is 1. The molecule has 88 valence electrons. The Morgan fingerprint density at radius 2 is 1.83 bits per heavy atom. The molecular weight excluding hydrogens is 222 g/mol. The van der Waals surface area contributed by atoms with Crippen molar-refractivity contribution in [3.8, 4) is 11.1 Å². The Bertz CT molecular complexity index is 725. The van der Waals surface area contributed by atoms with Crippen molar-refractivity contribution in [2.45, 2.75) is 6.92 Å². The molecule has 1 aromatic carbocycles. The first kappa shape index (κ1) is 10.8. The van der Waals surface area contributed by atoms with Crippen LogP contribution < -0.4 is 0 Å². The molecule has 0 bridgehead atoms. The summed E-state index contributed by atoms with van der Waals surface area (Å²) in [6.45, 7) is 2.07. The van der Waals surface area contributed by atoms with E-state index in [0.717, 1.165) is 28.5 Å². The van der Waals surface area contributed by atoms with Crippen molar-refractivity contribution >= 4 is 11.8 Å². The van der Waals surface area contributed by atoms with E-state index in [1.165, 1.54) is 5.56 Å². The van der Waals surface area contributed by atoms with Gasteiger partial charge in [0.05, 0.1) is 5.52 Å². The lowest BCUT2D eigenvalue weighted by atomic mass is 9.98. The average molecular weight is 235 g/mol. The molecular formula is C16H13NO. The lowest BCUT2D eigenvalue weighted by Gasteiger charge is -2.05. The van der Waals surface area contributed by atoms with Crippen LogP contribution in [0.25, 0.3) is 16.6 Å². The lowest BCUT2D eigenvalue weighted by molar-refractivity contribution is 0.112. The zero-order valence-electron chi connectivity index (χ0n) is 10.1. The molecule has 0 aliphatic carbocycles. The van der Waals surface area contributed by atoms with Gasteiger partial charge in [-0.1, -0.05) is 30.3 Å². The van der Waals surface area contributed by atoms with E-state index in [2.05, 4.69) is 23.6 Å². The first-order valence-electron chi connectivity index (χ1n) is 5.92. The van der Waals surface area contributed by atoms with E-state index in [1.54, 1.807) is 0 Å². The van der Waals surface area contributed by atoms with Crippen molar-refractivity contribution in [3.63, 3.8) is 0 Å². The molecule has 0 atom stereocenters. The summed E-state index contributed by atoms with van der Waals surface area (Å²) in [5.41, 5.74) is 5.18. The van der Waals surface area contributed by atoms with Gasteiger partial charge in [0.25, 0.3) is 0 Å². The Hall–Kier alpha value is -2.35. The Morgan fingerprint density at radius 3 is 2.67 bits per heavy atom. The van der Waals surface area contributed by atoms with Crippen molar-refractivity contribution in [1.29, 1.82) is 0 Å². The van der Waals surface area contributed by atoms with Crippen LogP contribution in [0.4, 0.5) is 0 Å². The summed E-state index contributed by atoms with van der Waals surface area (Å²) in [6.07, 6.45) is 5.03. The van der Waals surface area contributed by atoms with Gasteiger partial charge in [0.15, 0.2) is 6.29 Å². The number of carbonyl (C=O) groups excluding carboxylic acids is 1. The number of benzene rings is 1. The van der Waals surface area contributed by atoms with Crippen LogP contribution in [0.15, 0.2) is 54.9 Å². The minimum atomic E-state index is 0.734. The molecule has 0 saturated heterocycles. The predicted molar refractivity (Wildman–Crippen MR) is 73.0 cm³/mol. The quantitative estimate of drug-likeness (QED) is 0.620. The second-order valence-corrected chi connectivity index (χ2v) is 4.39. The second-order valence-electron chi connectivity index (χ2n) is 4.39. The summed E-state index contributed by atoms with van der Waals surface area (Å²) in [5, 5.41) is 0. The first-order chi connectivity index (χ1) is 8.81. The van der Waals surface area contributed by atoms with E-state index in [-0.39, 0.29) is 0 Å². The average Bonchev–Trinajstić information content (AvgIpc) is 2.74. The fourth-order valence-electron chi connectivity index (χ4n) is 2.43. The Kier molecular flexibility index (Phi) is 2.49. The zero-order chi connectivity index (χ0) is 12.5. The monoisotopic (exact) mass is 235 g/mol. The third-order valence-electron chi connectivity index (χ3n) is 3.23. The van der Waals surface area contributed by atoms with Gasteiger partial charge >= 0.3 is 0 Å². The second kappa shape index (κ2) is 4.15. The number of aldehydes is 1. The summed E-state index contributed by atoms with van der Waals surface area (Å²) in [6, 6.07) is 13.8. The molecule has 0 fully saturated rings. The molecule has 3 rings (SSSR count). The van der Waals surface area contributed by atoms with Crippen LogP contribution in [0.3, 0.4) is 0 Å². The standard InChI is InChI=1S/C16H13NO/c1-12-10-17-9-5-4-8-15(17)16(12)14-7-3-2-6-13(14)11-18/h2-11H,1H3. The summed E-state index contributed by atoms with van der Waals surface area (Å²) >= 11 is 0. The van der Waals surface area contributed by atoms with Gasteiger partial charge in [-0.25, -0.2) is 0 Å². The molecule has 0 N–H and O–H groups in total. The van der Waals surface area contributed by atoms with Crippen molar-refractivity contribution < 1.29 is 4.79 Å². The highest BCUT2D eigenvalue weighted by molar-refractivity contribution is 5.94.